The fraction of sp³-hybridized carbons (Fsp3) is 0.400. The average Bonchev–Trinajstić information content (AvgIpc) is 2.35. The Morgan fingerprint density at radius 3 is 2.84 bits per heavy atom. The normalized spacial score (nSPS) is 9.95. The lowest BCUT2D eigenvalue weighted by molar-refractivity contribution is -0.121. The molecule has 0 heterocycles. The highest BCUT2D eigenvalue weighted by molar-refractivity contribution is 5.93. The monoisotopic (exact) mass is 260 g/mol. The van der Waals surface area contributed by atoms with Gasteiger partial charge in [0, 0.05) is 5.56 Å². The lowest BCUT2D eigenvalue weighted by Crippen LogP contribution is -2.21. The summed E-state index contributed by atoms with van der Waals surface area (Å²) in [5.74, 6) is 5.54. The van der Waals surface area contributed by atoms with Crippen molar-refractivity contribution in [3.05, 3.63) is 29.3 Å². The zero-order valence-corrected chi connectivity index (χ0v) is 11.6. The van der Waals surface area contributed by atoms with Crippen LogP contribution in [0.5, 0.6) is 0 Å². The van der Waals surface area contributed by atoms with Crippen LogP contribution in [-0.4, -0.2) is 25.2 Å². The zero-order chi connectivity index (χ0) is 14.3. The SMILES string of the molecule is Cc1ccc(C#CCN)c(NC(=O)COC(C)C)c1. The molecule has 1 aromatic carbocycles. The molecule has 0 aliphatic carbocycles. The molecule has 0 radical (unpaired) electrons. The summed E-state index contributed by atoms with van der Waals surface area (Å²) in [5.41, 5.74) is 7.86. The van der Waals surface area contributed by atoms with Crippen LogP contribution >= 0.6 is 0 Å². The first kappa shape index (κ1) is 15.2. The maximum Gasteiger partial charge on any atom is 0.250 e. The van der Waals surface area contributed by atoms with E-state index in [-0.39, 0.29) is 25.2 Å². The van der Waals surface area contributed by atoms with Crippen molar-refractivity contribution in [3.63, 3.8) is 0 Å². The van der Waals surface area contributed by atoms with Gasteiger partial charge in [-0.25, -0.2) is 0 Å². The van der Waals surface area contributed by atoms with Crippen molar-refractivity contribution in [3.8, 4) is 11.8 Å². The lowest BCUT2D eigenvalue weighted by atomic mass is 10.1. The van der Waals surface area contributed by atoms with E-state index in [0.717, 1.165) is 11.1 Å². The average molecular weight is 260 g/mol. The summed E-state index contributed by atoms with van der Waals surface area (Å²) in [6.07, 6.45) is 0.0276. The third-order valence-electron chi connectivity index (χ3n) is 2.32. The van der Waals surface area contributed by atoms with Gasteiger partial charge in [-0.15, -0.1) is 0 Å². The van der Waals surface area contributed by atoms with Gasteiger partial charge in [-0.2, -0.15) is 0 Å². The molecule has 0 bridgehead atoms. The van der Waals surface area contributed by atoms with Crippen LogP contribution in [0.2, 0.25) is 0 Å². The number of nitrogens with two attached hydrogens (primary N) is 1. The van der Waals surface area contributed by atoms with Crippen LogP contribution in [0.1, 0.15) is 25.0 Å². The molecular formula is C15H20N2O2. The first-order chi connectivity index (χ1) is 9.02. The van der Waals surface area contributed by atoms with Gasteiger partial charge < -0.3 is 15.8 Å². The molecule has 19 heavy (non-hydrogen) atoms. The highest BCUT2D eigenvalue weighted by Crippen LogP contribution is 2.16. The van der Waals surface area contributed by atoms with E-state index in [1.54, 1.807) is 0 Å². The minimum Gasteiger partial charge on any atom is -0.369 e. The van der Waals surface area contributed by atoms with E-state index in [1.807, 2.05) is 39.0 Å². The van der Waals surface area contributed by atoms with Gasteiger partial charge in [0.05, 0.1) is 18.3 Å². The van der Waals surface area contributed by atoms with Crippen molar-refractivity contribution in [2.24, 2.45) is 5.73 Å². The largest absolute Gasteiger partial charge is 0.369 e. The molecule has 0 aliphatic heterocycles. The van der Waals surface area contributed by atoms with Crippen LogP contribution in [-0.2, 0) is 9.53 Å². The number of carbonyl (C=O) groups is 1. The molecule has 0 unspecified atom stereocenters. The molecule has 0 saturated heterocycles. The Morgan fingerprint density at radius 1 is 1.47 bits per heavy atom. The molecule has 0 aromatic heterocycles. The number of amides is 1. The summed E-state index contributed by atoms with van der Waals surface area (Å²) in [5, 5.41) is 2.81. The molecule has 0 atom stereocenters. The smallest absolute Gasteiger partial charge is 0.250 e. The van der Waals surface area contributed by atoms with Crippen LogP contribution in [0.25, 0.3) is 0 Å². The quantitative estimate of drug-likeness (QED) is 0.809. The van der Waals surface area contributed by atoms with Crippen molar-refractivity contribution in [1.82, 2.24) is 0 Å². The minimum atomic E-state index is -0.185. The van der Waals surface area contributed by atoms with Crippen molar-refractivity contribution in [2.75, 3.05) is 18.5 Å². The summed E-state index contributed by atoms with van der Waals surface area (Å²) in [4.78, 5) is 11.7. The van der Waals surface area contributed by atoms with Crippen LogP contribution in [0.4, 0.5) is 5.69 Å². The number of rotatable bonds is 4. The first-order valence-corrected chi connectivity index (χ1v) is 6.24. The fourth-order valence-electron chi connectivity index (χ4n) is 1.45. The third-order valence-corrected chi connectivity index (χ3v) is 2.32. The van der Waals surface area contributed by atoms with Gasteiger partial charge in [0.1, 0.15) is 6.61 Å². The molecule has 0 fully saturated rings. The van der Waals surface area contributed by atoms with Crippen molar-refractivity contribution >= 4 is 11.6 Å². The molecule has 1 aromatic rings. The maximum atomic E-state index is 11.7. The molecule has 0 spiro atoms. The van der Waals surface area contributed by atoms with E-state index < -0.39 is 0 Å². The lowest BCUT2D eigenvalue weighted by Gasteiger charge is -2.10. The maximum absolute atomic E-state index is 11.7. The van der Waals surface area contributed by atoms with E-state index in [1.165, 1.54) is 0 Å². The molecule has 4 nitrogen and oxygen atoms in total. The Bertz CT molecular complexity index is 499. The van der Waals surface area contributed by atoms with Gasteiger partial charge in [0.25, 0.3) is 0 Å². The molecule has 102 valence electrons. The number of benzene rings is 1. The van der Waals surface area contributed by atoms with E-state index in [0.29, 0.717) is 5.69 Å². The first-order valence-electron chi connectivity index (χ1n) is 6.24. The van der Waals surface area contributed by atoms with Crippen molar-refractivity contribution in [2.45, 2.75) is 26.9 Å². The second-order valence-electron chi connectivity index (χ2n) is 4.46. The molecule has 3 N–H and O–H groups in total. The number of anilines is 1. The van der Waals surface area contributed by atoms with Gasteiger partial charge >= 0.3 is 0 Å². The van der Waals surface area contributed by atoms with E-state index in [9.17, 15) is 4.79 Å². The summed E-state index contributed by atoms with van der Waals surface area (Å²) >= 11 is 0. The third kappa shape index (κ3) is 5.56. The summed E-state index contributed by atoms with van der Waals surface area (Å²) in [6.45, 7) is 6.06. The number of aryl methyl sites for hydroxylation is 1. The van der Waals surface area contributed by atoms with Crippen molar-refractivity contribution < 1.29 is 9.53 Å². The number of hydrogen-bond donors (Lipinski definition) is 2. The Hall–Kier alpha value is -1.83. The Kier molecular flexibility index (Phi) is 6.07. The highest BCUT2D eigenvalue weighted by atomic mass is 16.5. The summed E-state index contributed by atoms with van der Waals surface area (Å²) < 4.78 is 5.26. The van der Waals surface area contributed by atoms with Gasteiger partial charge in [0.2, 0.25) is 5.91 Å². The van der Waals surface area contributed by atoms with E-state index in [2.05, 4.69) is 17.2 Å². The molecule has 0 saturated carbocycles. The van der Waals surface area contributed by atoms with Gasteiger partial charge in [-0.3, -0.25) is 4.79 Å². The molecule has 4 heteroatoms. The van der Waals surface area contributed by atoms with Crippen molar-refractivity contribution in [1.29, 1.82) is 0 Å². The zero-order valence-electron chi connectivity index (χ0n) is 11.6. The Labute approximate surface area is 114 Å². The van der Waals surface area contributed by atoms with Crippen LogP contribution in [0.15, 0.2) is 18.2 Å². The Balaban J connectivity index is 2.80. The van der Waals surface area contributed by atoms with Gasteiger partial charge in [0.15, 0.2) is 0 Å². The number of carbonyl (C=O) groups excluding carboxylic acids is 1. The summed E-state index contributed by atoms with van der Waals surface area (Å²) in [6, 6.07) is 5.70. The van der Waals surface area contributed by atoms with Crippen LogP contribution < -0.4 is 11.1 Å². The molecule has 1 rings (SSSR count). The highest BCUT2D eigenvalue weighted by Gasteiger charge is 2.07. The minimum absolute atomic E-state index is 0.0276. The number of ether oxygens (including phenoxy) is 1. The number of nitrogens with one attached hydrogen (secondary N) is 1. The standard InChI is InChI=1S/C15H20N2O2/c1-11(2)19-10-15(18)17-14-9-12(3)6-7-13(14)5-4-8-16/h6-7,9,11H,8,10,16H2,1-3H3,(H,17,18). The van der Waals surface area contributed by atoms with Crippen LogP contribution in [0.3, 0.4) is 0 Å². The second-order valence-corrected chi connectivity index (χ2v) is 4.46. The predicted molar refractivity (Wildman–Crippen MR) is 76.8 cm³/mol. The van der Waals surface area contributed by atoms with Gasteiger partial charge in [-0.1, -0.05) is 17.9 Å². The summed E-state index contributed by atoms with van der Waals surface area (Å²) in [7, 11) is 0. The predicted octanol–water partition coefficient (Wildman–Crippen LogP) is 1.67. The molecule has 1 amide bonds. The van der Waals surface area contributed by atoms with E-state index >= 15 is 0 Å². The number of hydrogen-bond acceptors (Lipinski definition) is 3. The van der Waals surface area contributed by atoms with Crippen LogP contribution in [0, 0.1) is 18.8 Å². The fourth-order valence-corrected chi connectivity index (χ4v) is 1.45. The molecular weight excluding hydrogens is 240 g/mol. The van der Waals surface area contributed by atoms with Gasteiger partial charge in [-0.05, 0) is 38.5 Å². The molecule has 0 aliphatic rings. The Morgan fingerprint density at radius 2 is 2.21 bits per heavy atom. The second kappa shape index (κ2) is 7.57. The topological polar surface area (TPSA) is 64.3 Å². The van der Waals surface area contributed by atoms with E-state index in [4.69, 9.17) is 10.5 Å².